The van der Waals surface area contributed by atoms with Gasteiger partial charge in [-0.25, -0.2) is 4.79 Å². The number of hydrogen-bond donors (Lipinski definition) is 2. The van der Waals surface area contributed by atoms with Crippen molar-refractivity contribution in [3.05, 3.63) is 0 Å². The maximum atomic E-state index is 11.2. The SMILES string of the molecule is CSC[C@H](OC(=O)C(C)CS)C(=O)O.[H-].[Na+]. The number of rotatable bonds is 6. The van der Waals surface area contributed by atoms with Gasteiger partial charge in [-0.15, -0.1) is 0 Å². The molecule has 84 valence electrons. The van der Waals surface area contributed by atoms with E-state index in [0.717, 1.165) is 0 Å². The van der Waals surface area contributed by atoms with Crippen LogP contribution in [0.1, 0.15) is 8.35 Å². The molecule has 0 bridgehead atoms. The maximum Gasteiger partial charge on any atom is 1.00 e. The number of carbonyl (C=O) groups excluding carboxylic acids is 1. The van der Waals surface area contributed by atoms with Gasteiger partial charge in [-0.3, -0.25) is 4.79 Å². The van der Waals surface area contributed by atoms with E-state index in [2.05, 4.69) is 12.6 Å². The molecule has 1 N–H and O–H groups in total. The molecule has 1 unspecified atom stereocenters. The van der Waals surface area contributed by atoms with Crippen LogP contribution >= 0.6 is 24.4 Å². The van der Waals surface area contributed by atoms with E-state index in [1.165, 1.54) is 11.8 Å². The summed E-state index contributed by atoms with van der Waals surface area (Å²) in [5.74, 6) is -1.38. The first-order valence-electron chi connectivity index (χ1n) is 4.06. The van der Waals surface area contributed by atoms with Gasteiger partial charge in [0, 0.05) is 11.5 Å². The number of hydrogen-bond acceptors (Lipinski definition) is 5. The van der Waals surface area contributed by atoms with Crippen LogP contribution in [0.25, 0.3) is 0 Å². The van der Waals surface area contributed by atoms with E-state index < -0.39 is 18.0 Å². The van der Waals surface area contributed by atoms with Crippen LogP contribution in [0.2, 0.25) is 0 Å². The van der Waals surface area contributed by atoms with Crippen molar-refractivity contribution in [2.24, 2.45) is 5.92 Å². The summed E-state index contributed by atoms with van der Waals surface area (Å²) in [7, 11) is 0. The average molecular weight is 262 g/mol. The third-order valence-corrected chi connectivity index (χ3v) is 2.71. The monoisotopic (exact) mass is 262 g/mol. The maximum absolute atomic E-state index is 11.2. The third kappa shape index (κ3) is 7.52. The molecule has 0 radical (unpaired) electrons. The Bertz CT molecular complexity index is 218. The molecule has 15 heavy (non-hydrogen) atoms. The predicted molar refractivity (Wildman–Crippen MR) is 60.0 cm³/mol. The zero-order chi connectivity index (χ0) is 11.1. The number of thiol groups is 1. The van der Waals surface area contributed by atoms with Crippen molar-refractivity contribution in [3.63, 3.8) is 0 Å². The second kappa shape index (κ2) is 9.84. The molecule has 7 heteroatoms. The quantitative estimate of drug-likeness (QED) is 0.330. The number of aliphatic carboxylic acids is 1. The minimum Gasteiger partial charge on any atom is -1.00 e. The fraction of sp³-hybridized carbons (Fsp3) is 0.750. The average Bonchev–Trinajstić information content (AvgIpc) is 2.15. The molecule has 4 nitrogen and oxygen atoms in total. The van der Waals surface area contributed by atoms with Gasteiger partial charge in [-0.05, 0) is 6.26 Å². The largest absolute Gasteiger partial charge is 1.00 e. The van der Waals surface area contributed by atoms with E-state index >= 15 is 0 Å². The van der Waals surface area contributed by atoms with Gasteiger partial charge in [-0.1, -0.05) is 6.92 Å². The molecule has 0 aliphatic heterocycles. The van der Waals surface area contributed by atoms with E-state index in [0.29, 0.717) is 5.75 Å². The van der Waals surface area contributed by atoms with Crippen LogP contribution in [0, 0.1) is 5.92 Å². The molecule has 0 aromatic rings. The minimum absolute atomic E-state index is 0. The zero-order valence-electron chi connectivity index (χ0n) is 10.1. The van der Waals surface area contributed by atoms with Crippen LogP contribution in [-0.2, 0) is 14.3 Å². The van der Waals surface area contributed by atoms with Crippen molar-refractivity contribution in [3.8, 4) is 0 Å². The molecule has 0 spiro atoms. The molecule has 0 aromatic heterocycles. The van der Waals surface area contributed by atoms with Crippen LogP contribution in [-0.4, -0.2) is 40.9 Å². The Labute approximate surface area is 123 Å². The summed E-state index contributed by atoms with van der Waals surface area (Å²) < 4.78 is 4.80. The molecule has 0 amide bonds. The first kappa shape index (κ1) is 18.0. The second-order valence-corrected chi connectivity index (χ2v) is 4.08. The molecular weight excluding hydrogens is 247 g/mol. The fourth-order valence-corrected chi connectivity index (χ4v) is 1.30. The zero-order valence-corrected chi connectivity index (χ0v) is 12.8. The summed E-state index contributed by atoms with van der Waals surface area (Å²) >= 11 is 5.25. The van der Waals surface area contributed by atoms with Crippen LogP contribution in [0.4, 0.5) is 0 Å². The van der Waals surface area contributed by atoms with Crippen molar-refractivity contribution in [2.75, 3.05) is 17.8 Å². The van der Waals surface area contributed by atoms with Crippen molar-refractivity contribution in [1.82, 2.24) is 0 Å². The minimum atomic E-state index is -1.11. The Morgan fingerprint density at radius 1 is 1.60 bits per heavy atom. The third-order valence-electron chi connectivity index (χ3n) is 1.53. The van der Waals surface area contributed by atoms with Crippen LogP contribution < -0.4 is 29.6 Å². The molecule has 0 aliphatic carbocycles. The van der Waals surface area contributed by atoms with E-state index in [4.69, 9.17) is 9.84 Å². The molecule has 0 heterocycles. The number of esters is 1. The van der Waals surface area contributed by atoms with E-state index in [1.807, 2.05) is 0 Å². The van der Waals surface area contributed by atoms with Crippen LogP contribution in [0.3, 0.4) is 0 Å². The summed E-state index contributed by atoms with van der Waals surface area (Å²) in [6.45, 7) is 1.65. The second-order valence-electron chi connectivity index (χ2n) is 2.80. The molecule has 0 fully saturated rings. The van der Waals surface area contributed by atoms with Gasteiger partial charge in [0.25, 0.3) is 0 Å². The summed E-state index contributed by atoms with van der Waals surface area (Å²) in [4.78, 5) is 21.8. The fourth-order valence-electron chi connectivity index (χ4n) is 0.638. The van der Waals surface area contributed by atoms with Crippen molar-refractivity contribution in [2.45, 2.75) is 13.0 Å². The Kier molecular flexibility index (Phi) is 11.8. The normalized spacial score (nSPS) is 13.5. The topological polar surface area (TPSA) is 63.6 Å². The van der Waals surface area contributed by atoms with Gasteiger partial charge >= 0.3 is 41.5 Å². The van der Waals surface area contributed by atoms with Crippen LogP contribution in [0.15, 0.2) is 0 Å². The Hall–Kier alpha value is 0.640. The van der Waals surface area contributed by atoms with E-state index in [1.54, 1.807) is 13.2 Å². The summed E-state index contributed by atoms with van der Waals surface area (Å²) in [6.07, 6.45) is 0.700. The Balaban J connectivity index is -0.000000845. The van der Waals surface area contributed by atoms with Crippen LogP contribution in [0.5, 0.6) is 0 Å². The van der Waals surface area contributed by atoms with Crippen molar-refractivity contribution in [1.29, 1.82) is 0 Å². The first-order valence-corrected chi connectivity index (χ1v) is 6.08. The van der Waals surface area contributed by atoms with E-state index in [9.17, 15) is 9.59 Å². The molecule has 0 rings (SSSR count). The predicted octanol–water partition coefficient (Wildman–Crippen LogP) is -1.97. The Morgan fingerprint density at radius 3 is 2.47 bits per heavy atom. The molecule has 0 saturated carbocycles. The number of thioether (sulfide) groups is 1. The smallest absolute Gasteiger partial charge is 1.00 e. The summed E-state index contributed by atoms with van der Waals surface area (Å²) in [5.41, 5.74) is 0. The summed E-state index contributed by atoms with van der Waals surface area (Å²) in [6, 6.07) is 0. The molecule has 0 saturated heterocycles. The number of carbonyl (C=O) groups is 2. The van der Waals surface area contributed by atoms with Crippen molar-refractivity contribution >= 4 is 36.3 Å². The number of carboxylic acid groups (broad SMARTS) is 1. The molecular formula is C8H15NaO4S2. The van der Waals surface area contributed by atoms with E-state index in [-0.39, 0.29) is 42.7 Å². The number of carboxylic acids is 1. The Morgan fingerprint density at radius 2 is 2.13 bits per heavy atom. The number of ether oxygens (including phenoxy) is 1. The first-order chi connectivity index (χ1) is 6.52. The van der Waals surface area contributed by atoms with Gasteiger partial charge in [0.1, 0.15) is 0 Å². The van der Waals surface area contributed by atoms with Gasteiger partial charge in [-0.2, -0.15) is 24.4 Å². The van der Waals surface area contributed by atoms with Gasteiger partial charge in [0.2, 0.25) is 6.10 Å². The molecule has 0 aromatic carbocycles. The van der Waals surface area contributed by atoms with Gasteiger partial charge in [0.05, 0.1) is 5.92 Å². The van der Waals surface area contributed by atoms with Gasteiger partial charge < -0.3 is 11.3 Å². The molecule has 2 atom stereocenters. The summed E-state index contributed by atoms with van der Waals surface area (Å²) in [5, 5.41) is 8.70. The standard InChI is InChI=1S/C8H14O4S2.Na.H/c1-5(3-13)8(11)12-6(4-14-2)7(9)10;;/h5-6,13H,3-4H2,1-2H3,(H,9,10);;/q;+1;-1/t5?,6-;;/m0../s1. The molecule has 0 aliphatic rings. The van der Waals surface area contributed by atoms with Crippen molar-refractivity contribution < 1.29 is 50.4 Å². The van der Waals surface area contributed by atoms with Gasteiger partial charge in [0.15, 0.2) is 0 Å².